The van der Waals surface area contributed by atoms with E-state index in [2.05, 4.69) is 10.6 Å². The molecule has 2 N–H and O–H groups in total. The van der Waals surface area contributed by atoms with Gasteiger partial charge < -0.3 is 15.4 Å². The van der Waals surface area contributed by atoms with Gasteiger partial charge in [0.1, 0.15) is 18.2 Å². The molecule has 0 bridgehead atoms. The SMILES string of the molecule is Cc1ccc(F)cc1NCC(=O)NCCOc1ccccc1. The molecule has 0 unspecified atom stereocenters. The molecular formula is C17H19FN2O2. The largest absolute Gasteiger partial charge is 0.492 e. The van der Waals surface area contributed by atoms with Crippen molar-refractivity contribution < 1.29 is 13.9 Å². The van der Waals surface area contributed by atoms with Gasteiger partial charge in [0.25, 0.3) is 0 Å². The molecule has 2 aromatic carbocycles. The molecule has 0 atom stereocenters. The maximum absolute atomic E-state index is 13.1. The Bertz CT molecular complexity index is 617. The van der Waals surface area contributed by atoms with Crippen LogP contribution in [0.4, 0.5) is 10.1 Å². The number of anilines is 1. The van der Waals surface area contributed by atoms with Crippen LogP contribution in [0.1, 0.15) is 5.56 Å². The first kappa shape index (κ1) is 15.8. The number of carbonyl (C=O) groups is 1. The van der Waals surface area contributed by atoms with Crippen LogP contribution in [0.25, 0.3) is 0 Å². The van der Waals surface area contributed by atoms with Crippen LogP contribution in [0, 0.1) is 12.7 Å². The number of ether oxygens (including phenoxy) is 1. The van der Waals surface area contributed by atoms with Crippen molar-refractivity contribution in [1.29, 1.82) is 0 Å². The van der Waals surface area contributed by atoms with Crippen molar-refractivity contribution in [3.8, 4) is 5.75 Å². The second kappa shape index (κ2) is 8.02. The molecule has 0 radical (unpaired) electrons. The summed E-state index contributed by atoms with van der Waals surface area (Å²) in [4.78, 5) is 11.7. The number of aryl methyl sites for hydroxylation is 1. The van der Waals surface area contributed by atoms with E-state index < -0.39 is 0 Å². The van der Waals surface area contributed by atoms with Crippen LogP contribution in [0.15, 0.2) is 48.5 Å². The predicted molar refractivity (Wildman–Crippen MR) is 84.6 cm³/mol. The summed E-state index contributed by atoms with van der Waals surface area (Å²) in [5, 5.41) is 5.66. The zero-order chi connectivity index (χ0) is 15.8. The van der Waals surface area contributed by atoms with Crippen LogP contribution in [0.3, 0.4) is 0 Å². The Hall–Kier alpha value is -2.56. The summed E-state index contributed by atoms with van der Waals surface area (Å²) in [6.07, 6.45) is 0. The molecule has 116 valence electrons. The van der Waals surface area contributed by atoms with Crippen molar-refractivity contribution in [3.05, 3.63) is 59.9 Å². The summed E-state index contributed by atoms with van der Waals surface area (Å²) in [7, 11) is 0. The van der Waals surface area contributed by atoms with Crippen LogP contribution in [0.5, 0.6) is 5.75 Å². The van der Waals surface area contributed by atoms with Crippen molar-refractivity contribution in [2.75, 3.05) is 25.0 Å². The average Bonchev–Trinajstić information content (AvgIpc) is 2.53. The van der Waals surface area contributed by atoms with E-state index in [1.165, 1.54) is 12.1 Å². The minimum Gasteiger partial charge on any atom is -0.492 e. The average molecular weight is 302 g/mol. The standard InChI is InChI=1S/C17H19FN2O2/c1-13-7-8-14(18)11-16(13)20-12-17(21)19-9-10-22-15-5-3-2-4-6-15/h2-8,11,20H,9-10,12H2,1H3,(H,19,21). The molecule has 0 fully saturated rings. The molecule has 0 aliphatic heterocycles. The number of halogens is 1. The molecule has 0 aromatic heterocycles. The second-order valence-electron chi connectivity index (χ2n) is 4.82. The fourth-order valence-electron chi connectivity index (χ4n) is 1.90. The topological polar surface area (TPSA) is 50.4 Å². The molecule has 0 spiro atoms. The Kier molecular flexibility index (Phi) is 5.77. The number of benzene rings is 2. The van der Waals surface area contributed by atoms with Gasteiger partial charge in [-0.2, -0.15) is 0 Å². The smallest absolute Gasteiger partial charge is 0.239 e. The van der Waals surface area contributed by atoms with Crippen LogP contribution in [-0.2, 0) is 4.79 Å². The van der Waals surface area contributed by atoms with Crippen molar-refractivity contribution in [2.24, 2.45) is 0 Å². The third kappa shape index (κ3) is 5.09. The van der Waals surface area contributed by atoms with E-state index in [1.54, 1.807) is 6.07 Å². The summed E-state index contributed by atoms with van der Waals surface area (Å²) < 4.78 is 18.6. The number of rotatable bonds is 7. The fraction of sp³-hybridized carbons (Fsp3) is 0.235. The molecule has 0 heterocycles. The number of hydrogen-bond acceptors (Lipinski definition) is 3. The number of hydrogen-bond donors (Lipinski definition) is 2. The lowest BCUT2D eigenvalue weighted by molar-refractivity contribution is -0.119. The van der Waals surface area contributed by atoms with E-state index in [4.69, 9.17) is 4.74 Å². The van der Waals surface area contributed by atoms with Gasteiger partial charge in [-0.25, -0.2) is 4.39 Å². The van der Waals surface area contributed by atoms with E-state index >= 15 is 0 Å². The maximum atomic E-state index is 13.1. The third-order valence-corrected chi connectivity index (χ3v) is 3.08. The van der Waals surface area contributed by atoms with Crippen LogP contribution in [0.2, 0.25) is 0 Å². The maximum Gasteiger partial charge on any atom is 0.239 e. The first-order valence-electron chi connectivity index (χ1n) is 7.10. The first-order valence-corrected chi connectivity index (χ1v) is 7.10. The van der Waals surface area contributed by atoms with Crippen molar-refractivity contribution >= 4 is 11.6 Å². The van der Waals surface area contributed by atoms with Crippen LogP contribution < -0.4 is 15.4 Å². The number of amides is 1. The molecule has 5 heteroatoms. The molecular weight excluding hydrogens is 283 g/mol. The van der Waals surface area contributed by atoms with Gasteiger partial charge in [-0.15, -0.1) is 0 Å². The Morgan fingerprint density at radius 2 is 1.95 bits per heavy atom. The lowest BCUT2D eigenvalue weighted by Gasteiger charge is -2.10. The lowest BCUT2D eigenvalue weighted by atomic mass is 10.2. The molecule has 2 aromatic rings. The monoisotopic (exact) mass is 302 g/mol. The first-order chi connectivity index (χ1) is 10.6. The highest BCUT2D eigenvalue weighted by molar-refractivity contribution is 5.80. The van der Waals surface area contributed by atoms with E-state index in [-0.39, 0.29) is 18.3 Å². The van der Waals surface area contributed by atoms with Gasteiger partial charge in [-0.3, -0.25) is 4.79 Å². The molecule has 0 saturated carbocycles. The van der Waals surface area contributed by atoms with E-state index in [0.717, 1.165) is 11.3 Å². The van der Waals surface area contributed by atoms with Gasteiger partial charge in [0.2, 0.25) is 5.91 Å². The van der Waals surface area contributed by atoms with Crippen molar-refractivity contribution in [3.63, 3.8) is 0 Å². The Morgan fingerprint density at radius 1 is 1.18 bits per heavy atom. The number of para-hydroxylation sites is 1. The fourth-order valence-corrected chi connectivity index (χ4v) is 1.90. The van der Waals surface area contributed by atoms with Crippen molar-refractivity contribution in [2.45, 2.75) is 6.92 Å². The number of carbonyl (C=O) groups excluding carboxylic acids is 1. The minimum absolute atomic E-state index is 0.0929. The highest BCUT2D eigenvalue weighted by Crippen LogP contribution is 2.15. The molecule has 2 rings (SSSR count). The Balaban J connectivity index is 1.67. The zero-order valence-corrected chi connectivity index (χ0v) is 12.4. The quantitative estimate of drug-likeness (QED) is 0.773. The molecule has 22 heavy (non-hydrogen) atoms. The van der Waals surface area contributed by atoms with Crippen LogP contribution in [-0.4, -0.2) is 25.6 Å². The van der Waals surface area contributed by atoms with Gasteiger partial charge in [0.15, 0.2) is 0 Å². The highest BCUT2D eigenvalue weighted by Gasteiger charge is 2.04. The normalized spacial score (nSPS) is 10.1. The zero-order valence-electron chi connectivity index (χ0n) is 12.4. The van der Waals surface area contributed by atoms with E-state index in [1.807, 2.05) is 37.3 Å². The molecule has 0 saturated heterocycles. The third-order valence-electron chi connectivity index (χ3n) is 3.08. The number of nitrogens with one attached hydrogen (secondary N) is 2. The van der Waals surface area contributed by atoms with Gasteiger partial charge in [-0.1, -0.05) is 24.3 Å². The molecule has 4 nitrogen and oxygen atoms in total. The van der Waals surface area contributed by atoms with Gasteiger partial charge in [0, 0.05) is 5.69 Å². The second-order valence-corrected chi connectivity index (χ2v) is 4.82. The summed E-state index contributed by atoms with van der Waals surface area (Å²) >= 11 is 0. The summed E-state index contributed by atoms with van der Waals surface area (Å²) in [6, 6.07) is 13.8. The Labute approximate surface area is 129 Å². The van der Waals surface area contributed by atoms with Gasteiger partial charge >= 0.3 is 0 Å². The van der Waals surface area contributed by atoms with E-state index in [9.17, 15) is 9.18 Å². The summed E-state index contributed by atoms with van der Waals surface area (Å²) in [5.74, 6) is 0.273. The van der Waals surface area contributed by atoms with Gasteiger partial charge in [0.05, 0.1) is 13.1 Å². The summed E-state index contributed by atoms with van der Waals surface area (Å²) in [6.45, 7) is 2.76. The lowest BCUT2D eigenvalue weighted by Crippen LogP contribution is -2.33. The molecule has 0 aliphatic carbocycles. The molecule has 0 aliphatic rings. The summed E-state index contributed by atoms with van der Waals surface area (Å²) in [5.41, 5.74) is 1.51. The molecule has 1 amide bonds. The predicted octanol–water partition coefficient (Wildman–Crippen LogP) is 2.74. The van der Waals surface area contributed by atoms with Gasteiger partial charge in [-0.05, 0) is 36.8 Å². The Morgan fingerprint density at radius 3 is 2.73 bits per heavy atom. The highest BCUT2D eigenvalue weighted by atomic mass is 19.1. The van der Waals surface area contributed by atoms with Crippen LogP contribution >= 0.6 is 0 Å². The van der Waals surface area contributed by atoms with E-state index in [0.29, 0.717) is 18.8 Å². The van der Waals surface area contributed by atoms with Crippen molar-refractivity contribution in [1.82, 2.24) is 5.32 Å². The minimum atomic E-state index is -0.329.